The van der Waals surface area contributed by atoms with Crippen LogP contribution in [-0.4, -0.2) is 26.7 Å². The van der Waals surface area contributed by atoms with Crippen LogP contribution < -0.4 is 9.62 Å². The van der Waals surface area contributed by atoms with Gasteiger partial charge in [-0.25, -0.2) is 13.1 Å². The number of rotatable bonds is 6. The average molecular weight is 477 g/mol. The monoisotopic (exact) mass is 476 g/mol. The van der Waals surface area contributed by atoms with Gasteiger partial charge in [-0.15, -0.1) is 0 Å². The van der Waals surface area contributed by atoms with Crippen molar-refractivity contribution < 1.29 is 18.0 Å². The van der Waals surface area contributed by atoms with Gasteiger partial charge in [-0.1, -0.05) is 30.3 Å². The maximum atomic E-state index is 13.3. The normalized spacial score (nSPS) is 13.4. The molecule has 4 rings (SSSR count). The predicted molar refractivity (Wildman–Crippen MR) is 133 cm³/mol. The van der Waals surface area contributed by atoms with Crippen LogP contribution in [0.3, 0.4) is 0 Å². The first-order valence-electron chi connectivity index (χ1n) is 11.3. The first-order chi connectivity index (χ1) is 16.2. The molecule has 34 heavy (non-hydrogen) atoms. The third-order valence-electron chi connectivity index (χ3n) is 6.18. The molecule has 3 aromatic rings. The summed E-state index contributed by atoms with van der Waals surface area (Å²) in [4.78, 5) is 26.6. The number of amides is 1. The molecule has 0 spiro atoms. The molecule has 1 aliphatic rings. The van der Waals surface area contributed by atoms with E-state index < -0.39 is 10.0 Å². The first-order valence-corrected chi connectivity index (χ1v) is 12.8. The van der Waals surface area contributed by atoms with E-state index in [1.807, 2.05) is 11.8 Å². The fourth-order valence-corrected chi connectivity index (χ4v) is 5.36. The summed E-state index contributed by atoms with van der Waals surface area (Å²) in [5, 5.41) is 0. The Labute approximate surface area is 200 Å². The van der Waals surface area contributed by atoms with Gasteiger partial charge in [0.2, 0.25) is 10.0 Å². The van der Waals surface area contributed by atoms with Gasteiger partial charge >= 0.3 is 0 Å². The molecule has 0 saturated carbocycles. The Morgan fingerprint density at radius 1 is 0.941 bits per heavy atom. The van der Waals surface area contributed by atoms with Gasteiger partial charge in [0.25, 0.3) is 5.91 Å². The molecule has 1 N–H and O–H groups in total. The highest BCUT2D eigenvalue weighted by molar-refractivity contribution is 7.89. The molecule has 176 valence electrons. The van der Waals surface area contributed by atoms with Crippen molar-refractivity contribution in [1.82, 2.24) is 4.72 Å². The van der Waals surface area contributed by atoms with Crippen molar-refractivity contribution in [3.8, 4) is 0 Å². The lowest BCUT2D eigenvalue weighted by atomic mass is 9.94. The smallest absolute Gasteiger partial charge is 0.258 e. The van der Waals surface area contributed by atoms with Crippen LogP contribution >= 0.6 is 0 Å². The van der Waals surface area contributed by atoms with Gasteiger partial charge in [-0.2, -0.15) is 0 Å². The van der Waals surface area contributed by atoms with Crippen molar-refractivity contribution in [2.24, 2.45) is 0 Å². The lowest BCUT2D eigenvalue weighted by Crippen LogP contribution is -2.35. The van der Waals surface area contributed by atoms with Gasteiger partial charge in [0.15, 0.2) is 5.78 Å². The van der Waals surface area contributed by atoms with Crippen LogP contribution in [0.1, 0.15) is 56.3 Å². The zero-order valence-corrected chi connectivity index (χ0v) is 20.4. The van der Waals surface area contributed by atoms with Crippen LogP contribution in [0.2, 0.25) is 0 Å². The van der Waals surface area contributed by atoms with Gasteiger partial charge in [0.1, 0.15) is 0 Å². The minimum Gasteiger partial charge on any atom is -0.308 e. The van der Waals surface area contributed by atoms with Gasteiger partial charge in [0.05, 0.1) is 4.90 Å². The SMILES string of the molecule is CC(=O)c1ccc(S(=O)(=O)NCc2ccc(C(=O)N3CCCc4c(C)cc(C)cc43)cc2)cc1. The number of nitrogens with one attached hydrogen (secondary N) is 1. The van der Waals surface area contributed by atoms with Crippen LogP contribution in [0.5, 0.6) is 0 Å². The Hall–Kier alpha value is -3.29. The molecule has 1 amide bonds. The van der Waals surface area contributed by atoms with Crippen molar-refractivity contribution in [3.05, 3.63) is 94.0 Å². The molecule has 1 aliphatic heterocycles. The lowest BCUT2D eigenvalue weighted by molar-refractivity contribution is 0.0983. The molecule has 0 fully saturated rings. The molecule has 0 saturated heterocycles. The van der Waals surface area contributed by atoms with E-state index in [1.165, 1.54) is 42.3 Å². The fraction of sp³-hybridized carbons (Fsp3) is 0.259. The highest BCUT2D eigenvalue weighted by Crippen LogP contribution is 2.32. The van der Waals surface area contributed by atoms with Crippen LogP contribution in [0.4, 0.5) is 5.69 Å². The maximum absolute atomic E-state index is 13.3. The number of sulfonamides is 1. The van der Waals surface area contributed by atoms with Crippen molar-refractivity contribution in [2.45, 2.75) is 45.1 Å². The van der Waals surface area contributed by atoms with E-state index in [1.54, 1.807) is 24.3 Å². The standard InChI is InChI=1S/C27H28N2O4S/c1-18-15-19(2)25-5-4-14-29(26(25)16-18)27(31)23-8-6-21(7-9-23)17-28-34(32,33)24-12-10-22(11-13-24)20(3)30/h6-13,15-16,28H,4-5,14,17H2,1-3H3. The summed E-state index contributed by atoms with van der Waals surface area (Å²) in [5.74, 6) is -0.173. The highest BCUT2D eigenvalue weighted by Gasteiger charge is 2.25. The quantitative estimate of drug-likeness (QED) is 0.528. The van der Waals surface area contributed by atoms with Gasteiger partial charge in [-0.05, 0) is 86.2 Å². The summed E-state index contributed by atoms with van der Waals surface area (Å²) >= 11 is 0. The Morgan fingerprint density at radius 3 is 2.24 bits per heavy atom. The van der Waals surface area contributed by atoms with Crippen molar-refractivity contribution in [1.29, 1.82) is 0 Å². The molecule has 7 heteroatoms. The second-order valence-electron chi connectivity index (χ2n) is 8.74. The number of hydrogen-bond acceptors (Lipinski definition) is 4. The maximum Gasteiger partial charge on any atom is 0.258 e. The number of Topliss-reactive ketones (excluding diaryl/α,β-unsaturated/α-hetero) is 1. The minimum atomic E-state index is -3.72. The molecule has 0 aromatic heterocycles. The Kier molecular flexibility index (Phi) is 6.68. The largest absolute Gasteiger partial charge is 0.308 e. The molecule has 3 aromatic carbocycles. The van der Waals surface area contributed by atoms with Crippen molar-refractivity contribution in [3.63, 3.8) is 0 Å². The molecular formula is C27H28N2O4S. The van der Waals surface area contributed by atoms with Crippen molar-refractivity contribution in [2.75, 3.05) is 11.4 Å². The zero-order valence-electron chi connectivity index (χ0n) is 19.6. The molecule has 0 unspecified atom stereocenters. The third-order valence-corrected chi connectivity index (χ3v) is 7.59. The molecule has 1 heterocycles. The third kappa shape index (κ3) is 4.95. The van der Waals surface area contributed by atoms with E-state index in [2.05, 4.69) is 23.8 Å². The Morgan fingerprint density at radius 2 is 1.59 bits per heavy atom. The number of carbonyl (C=O) groups is 2. The molecule has 0 bridgehead atoms. The zero-order chi connectivity index (χ0) is 24.5. The topological polar surface area (TPSA) is 83.5 Å². The second kappa shape index (κ2) is 9.52. The summed E-state index contributed by atoms with van der Waals surface area (Å²) in [5.41, 5.74) is 6.33. The van der Waals surface area contributed by atoms with E-state index in [9.17, 15) is 18.0 Å². The van der Waals surface area contributed by atoms with Gasteiger partial charge in [0, 0.05) is 29.9 Å². The summed E-state index contributed by atoms with van der Waals surface area (Å²) in [7, 11) is -3.72. The second-order valence-corrected chi connectivity index (χ2v) is 10.5. The number of aryl methyl sites for hydroxylation is 2. The lowest BCUT2D eigenvalue weighted by Gasteiger charge is -2.31. The number of ketones is 1. The average Bonchev–Trinajstić information content (AvgIpc) is 2.82. The van der Waals surface area contributed by atoms with Crippen LogP contribution in [-0.2, 0) is 23.0 Å². The summed E-state index contributed by atoms with van der Waals surface area (Å²) in [6.07, 6.45) is 1.90. The van der Waals surface area contributed by atoms with E-state index >= 15 is 0 Å². The predicted octanol–water partition coefficient (Wildman–Crippen LogP) is 4.58. The number of fused-ring (bicyclic) bond motifs is 1. The molecule has 6 nitrogen and oxygen atoms in total. The summed E-state index contributed by atoms with van der Waals surface area (Å²) in [6, 6.07) is 17.1. The molecular weight excluding hydrogens is 448 g/mol. The Bertz CT molecular complexity index is 1340. The van der Waals surface area contributed by atoms with Gasteiger partial charge in [-0.3, -0.25) is 9.59 Å². The number of nitrogens with zero attached hydrogens (tertiary/aromatic N) is 1. The van der Waals surface area contributed by atoms with Crippen LogP contribution in [0.15, 0.2) is 65.6 Å². The summed E-state index contributed by atoms with van der Waals surface area (Å²) < 4.78 is 27.7. The molecule has 0 atom stereocenters. The molecule has 0 radical (unpaired) electrons. The van der Waals surface area contributed by atoms with E-state index in [-0.39, 0.29) is 23.1 Å². The highest BCUT2D eigenvalue weighted by atomic mass is 32.2. The van der Waals surface area contributed by atoms with E-state index in [4.69, 9.17) is 0 Å². The van der Waals surface area contributed by atoms with Crippen molar-refractivity contribution >= 4 is 27.4 Å². The fourth-order valence-electron chi connectivity index (χ4n) is 4.34. The Balaban J connectivity index is 1.46. The number of anilines is 1. The first kappa shape index (κ1) is 23.9. The number of benzene rings is 3. The summed E-state index contributed by atoms with van der Waals surface area (Å²) in [6.45, 7) is 6.34. The molecule has 0 aliphatic carbocycles. The van der Waals surface area contributed by atoms with E-state index in [0.29, 0.717) is 17.7 Å². The van der Waals surface area contributed by atoms with Crippen LogP contribution in [0.25, 0.3) is 0 Å². The minimum absolute atomic E-state index is 0.0522. The number of carbonyl (C=O) groups excluding carboxylic acids is 2. The van der Waals surface area contributed by atoms with Gasteiger partial charge < -0.3 is 4.90 Å². The number of hydrogen-bond donors (Lipinski definition) is 1. The van der Waals surface area contributed by atoms with Crippen LogP contribution in [0, 0.1) is 13.8 Å². The van der Waals surface area contributed by atoms with E-state index in [0.717, 1.165) is 29.7 Å².